The molecule has 3 aromatic rings. The number of amides is 1. The Kier molecular flexibility index (Phi) is 6.99. The normalized spacial score (nSPS) is 28.4. The molecule has 0 aromatic heterocycles. The first-order chi connectivity index (χ1) is 20.2. The Morgan fingerprint density at radius 3 is 2.74 bits per heavy atom. The van der Waals surface area contributed by atoms with Crippen LogP contribution in [0.1, 0.15) is 47.9 Å². The largest absolute Gasteiger partial charge is 0.490 e. The summed E-state index contributed by atoms with van der Waals surface area (Å²) in [6.07, 6.45) is 4.80. The van der Waals surface area contributed by atoms with Gasteiger partial charge in [-0.2, -0.15) is 0 Å². The van der Waals surface area contributed by atoms with Crippen molar-refractivity contribution in [2.75, 3.05) is 24.6 Å². The van der Waals surface area contributed by atoms with E-state index in [4.69, 9.17) is 16.3 Å². The van der Waals surface area contributed by atoms with Crippen LogP contribution in [0.2, 0.25) is 5.02 Å². The fourth-order valence-corrected chi connectivity index (χ4v) is 8.76. The standard InChI is InChI=1S/C33H35ClN2O5S/c34-25-7-10-28-23(16-25)5-2-12-33(28)19-36-18-24-6-9-27(24)30(37)14-21-3-1-4-22(13-21)15-32(38)35-42(39,40)26-8-11-31(41-20-33)29(36)17-26/h1,3-4,7-8,10-11,13,16-17,24,27,30,37H,2,5-6,9,12,14-15,18-20H2,(H,35,38)/t24-,27?,30+,33-/m0/s1. The van der Waals surface area contributed by atoms with E-state index in [2.05, 4.69) is 21.8 Å². The van der Waals surface area contributed by atoms with Crippen LogP contribution in [0.4, 0.5) is 5.69 Å². The smallest absolute Gasteiger partial charge is 0.264 e. The van der Waals surface area contributed by atoms with Crippen LogP contribution in [0.25, 0.3) is 0 Å². The molecule has 2 N–H and O–H groups in total. The van der Waals surface area contributed by atoms with Gasteiger partial charge in [-0.3, -0.25) is 4.79 Å². The van der Waals surface area contributed by atoms with E-state index in [-0.39, 0.29) is 28.6 Å². The maximum Gasteiger partial charge on any atom is 0.264 e. The van der Waals surface area contributed by atoms with Crippen LogP contribution in [0.15, 0.2) is 65.6 Å². The lowest BCUT2D eigenvalue weighted by molar-refractivity contribution is -0.118. The number of nitrogens with one attached hydrogen (secondary N) is 1. The van der Waals surface area contributed by atoms with E-state index in [0.29, 0.717) is 43.1 Å². The molecular weight excluding hydrogens is 572 g/mol. The molecule has 1 saturated carbocycles. The number of carbonyl (C=O) groups is 1. The predicted molar refractivity (Wildman–Crippen MR) is 162 cm³/mol. The maximum absolute atomic E-state index is 13.4. The zero-order valence-corrected chi connectivity index (χ0v) is 25.0. The number of aryl methyl sites for hydroxylation is 1. The van der Waals surface area contributed by atoms with Crippen molar-refractivity contribution < 1.29 is 23.1 Å². The Bertz CT molecular complexity index is 1660. The zero-order chi connectivity index (χ0) is 29.1. The Balaban J connectivity index is 1.31. The van der Waals surface area contributed by atoms with E-state index in [1.807, 2.05) is 30.3 Å². The van der Waals surface area contributed by atoms with Crippen molar-refractivity contribution in [1.82, 2.24) is 4.72 Å². The van der Waals surface area contributed by atoms with Gasteiger partial charge in [0.15, 0.2) is 0 Å². The highest BCUT2D eigenvalue weighted by molar-refractivity contribution is 7.90. The highest BCUT2D eigenvalue weighted by Crippen LogP contribution is 2.47. The molecule has 4 atom stereocenters. The third-order valence-corrected chi connectivity index (χ3v) is 11.4. The van der Waals surface area contributed by atoms with E-state index in [1.165, 1.54) is 17.2 Å². The summed E-state index contributed by atoms with van der Waals surface area (Å²) < 4.78 is 35.6. The fraction of sp³-hybridized carbons (Fsp3) is 0.424. The number of halogens is 1. The molecule has 7 nitrogen and oxygen atoms in total. The SMILES string of the molecule is O=C1Cc2cccc(c2)C[C@@H](O)C2CC[C@H]2CN2C[C@@]3(CCCc4cc(Cl)ccc43)COc3ccc(cc32)S(=O)(=O)N1. The number of aliphatic hydroxyl groups is 1. The van der Waals surface area contributed by atoms with Crippen molar-refractivity contribution in [3.63, 3.8) is 0 Å². The number of sulfonamides is 1. The number of anilines is 1. The Hall–Kier alpha value is -3.07. The second-order valence-corrected chi connectivity index (χ2v) is 14.7. The zero-order valence-electron chi connectivity index (χ0n) is 23.4. The Morgan fingerprint density at radius 1 is 1.05 bits per heavy atom. The van der Waals surface area contributed by atoms with Crippen LogP contribution in [-0.2, 0) is 39.5 Å². The summed E-state index contributed by atoms with van der Waals surface area (Å²) in [7, 11) is -4.11. The van der Waals surface area contributed by atoms with Crippen LogP contribution in [0.3, 0.4) is 0 Å². The molecule has 2 heterocycles. The van der Waals surface area contributed by atoms with Gasteiger partial charge in [-0.15, -0.1) is 0 Å². The molecule has 2 aliphatic carbocycles. The molecule has 1 fully saturated rings. The summed E-state index contributed by atoms with van der Waals surface area (Å²) in [4.78, 5) is 15.2. The van der Waals surface area contributed by atoms with Crippen molar-refractivity contribution in [3.8, 4) is 5.75 Å². The molecule has 4 aliphatic rings. The van der Waals surface area contributed by atoms with Crippen LogP contribution in [0, 0.1) is 11.8 Å². The Labute approximate surface area is 251 Å². The van der Waals surface area contributed by atoms with Gasteiger partial charge in [0, 0.05) is 23.5 Å². The Morgan fingerprint density at radius 2 is 1.90 bits per heavy atom. The van der Waals surface area contributed by atoms with Crippen molar-refractivity contribution in [2.24, 2.45) is 11.8 Å². The molecule has 1 spiro atoms. The molecule has 42 heavy (non-hydrogen) atoms. The van der Waals surface area contributed by atoms with Gasteiger partial charge in [0.2, 0.25) is 5.91 Å². The minimum absolute atomic E-state index is 0.0287. The molecular formula is C33H35ClN2O5S. The van der Waals surface area contributed by atoms with Crippen molar-refractivity contribution >= 4 is 33.2 Å². The predicted octanol–water partition coefficient (Wildman–Crippen LogP) is 4.80. The van der Waals surface area contributed by atoms with E-state index >= 15 is 0 Å². The number of hydrogen-bond donors (Lipinski definition) is 2. The van der Waals surface area contributed by atoms with Gasteiger partial charge >= 0.3 is 0 Å². The number of aliphatic hydroxyl groups excluding tert-OH is 1. The van der Waals surface area contributed by atoms with Crippen molar-refractivity contribution in [3.05, 3.63) is 87.9 Å². The molecule has 1 unspecified atom stereocenters. The van der Waals surface area contributed by atoms with Crippen LogP contribution in [-0.4, -0.2) is 45.2 Å². The summed E-state index contributed by atoms with van der Waals surface area (Å²) in [6, 6.07) is 18.5. The number of hydrogen-bond acceptors (Lipinski definition) is 6. The van der Waals surface area contributed by atoms with Crippen LogP contribution in [0.5, 0.6) is 5.75 Å². The van der Waals surface area contributed by atoms with E-state index in [9.17, 15) is 18.3 Å². The summed E-state index contributed by atoms with van der Waals surface area (Å²) in [6.45, 7) is 1.81. The first kappa shape index (κ1) is 27.7. The molecule has 0 saturated heterocycles. The first-order valence-corrected chi connectivity index (χ1v) is 16.7. The maximum atomic E-state index is 13.4. The number of carbonyl (C=O) groups excluding carboxylic acids is 1. The summed E-state index contributed by atoms with van der Waals surface area (Å²) in [5.74, 6) is 0.425. The summed E-state index contributed by atoms with van der Waals surface area (Å²) >= 11 is 6.38. The minimum Gasteiger partial charge on any atom is -0.490 e. The lowest BCUT2D eigenvalue weighted by Gasteiger charge is -2.45. The van der Waals surface area contributed by atoms with Gasteiger partial charge in [0.25, 0.3) is 10.0 Å². The quantitative estimate of drug-likeness (QED) is 0.382. The van der Waals surface area contributed by atoms with Gasteiger partial charge in [-0.1, -0.05) is 41.9 Å². The van der Waals surface area contributed by atoms with Crippen LogP contribution >= 0.6 is 11.6 Å². The van der Waals surface area contributed by atoms with Crippen LogP contribution < -0.4 is 14.4 Å². The second-order valence-electron chi connectivity index (χ2n) is 12.5. The van der Waals surface area contributed by atoms with Gasteiger partial charge in [0.05, 0.1) is 29.7 Å². The summed E-state index contributed by atoms with van der Waals surface area (Å²) in [5.41, 5.74) is 4.56. The highest BCUT2D eigenvalue weighted by Gasteiger charge is 2.44. The molecule has 4 bridgehead atoms. The van der Waals surface area contributed by atoms with E-state index in [0.717, 1.165) is 42.7 Å². The second kappa shape index (κ2) is 10.6. The van der Waals surface area contributed by atoms with Gasteiger partial charge < -0.3 is 14.7 Å². The highest BCUT2D eigenvalue weighted by atomic mass is 35.5. The topological polar surface area (TPSA) is 95.9 Å². The van der Waals surface area contributed by atoms with E-state index in [1.54, 1.807) is 12.1 Å². The third-order valence-electron chi connectivity index (χ3n) is 9.79. The van der Waals surface area contributed by atoms with Gasteiger partial charge in [-0.05, 0) is 103 Å². The molecule has 9 heteroatoms. The van der Waals surface area contributed by atoms with E-state index < -0.39 is 22.0 Å². The first-order valence-electron chi connectivity index (χ1n) is 14.8. The minimum atomic E-state index is -4.11. The number of ether oxygens (including phenoxy) is 1. The number of fused-ring (bicyclic) bond motifs is 6. The molecule has 220 valence electrons. The molecule has 2 aliphatic heterocycles. The molecule has 0 radical (unpaired) electrons. The average Bonchev–Trinajstić information content (AvgIpc) is 3.07. The van der Waals surface area contributed by atoms with Crippen molar-refractivity contribution in [1.29, 1.82) is 0 Å². The number of rotatable bonds is 0. The van der Waals surface area contributed by atoms with Gasteiger partial charge in [0.1, 0.15) is 5.75 Å². The van der Waals surface area contributed by atoms with Crippen molar-refractivity contribution in [2.45, 2.75) is 61.4 Å². The molecule has 3 aromatic carbocycles. The van der Waals surface area contributed by atoms with Gasteiger partial charge in [-0.25, -0.2) is 13.1 Å². The molecule has 1 amide bonds. The number of benzene rings is 3. The fourth-order valence-electron chi connectivity index (χ4n) is 7.56. The third kappa shape index (κ3) is 5.07. The monoisotopic (exact) mass is 606 g/mol. The summed E-state index contributed by atoms with van der Waals surface area (Å²) in [5, 5.41) is 12.1. The molecule has 7 rings (SSSR count). The number of nitrogens with zero attached hydrogens (tertiary/aromatic N) is 1. The average molecular weight is 607 g/mol. The lowest BCUT2D eigenvalue weighted by atomic mass is 9.68. The lowest BCUT2D eigenvalue weighted by Crippen LogP contribution is -2.49.